The van der Waals surface area contributed by atoms with Crippen molar-refractivity contribution < 1.29 is 14.3 Å². The van der Waals surface area contributed by atoms with Gasteiger partial charge in [-0.05, 0) is 12.1 Å². The van der Waals surface area contributed by atoms with Crippen molar-refractivity contribution in [2.75, 3.05) is 7.11 Å². The minimum absolute atomic E-state index is 0.0691. The van der Waals surface area contributed by atoms with Crippen LogP contribution in [0.2, 0.25) is 0 Å². The number of carbonyl (C=O) groups is 2. The van der Waals surface area contributed by atoms with E-state index in [0.29, 0.717) is 5.69 Å². The van der Waals surface area contributed by atoms with E-state index in [2.05, 4.69) is 4.98 Å². The van der Waals surface area contributed by atoms with Crippen LogP contribution in [0.15, 0.2) is 53.9 Å². The average Bonchev–Trinajstić information content (AvgIpc) is 2.54. The highest BCUT2D eigenvalue weighted by Crippen LogP contribution is 2.26. The molecular formula is C16H12N2O3. The fourth-order valence-electron chi connectivity index (χ4n) is 2.26. The Morgan fingerprint density at radius 3 is 2.38 bits per heavy atom. The molecule has 104 valence electrons. The number of benzene rings is 1. The molecule has 0 unspecified atom stereocenters. The van der Waals surface area contributed by atoms with Gasteiger partial charge in [0, 0.05) is 5.56 Å². The third kappa shape index (κ3) is 1.99. The van der Waals surface area contributed by atoms with Gasteiger partial charge in [0.2, 0.25) is 11.6 Å². The number of carbonyl (C=O) groups excluding carboxylic acids is 2. The fraction of sp³-hybridized carbons (Fsp3) is 0.0625. The van der Waals surface area contributed by atoms with Crippen molar-refractivity contribution >= 4 is 11.6 Å². The Bertz CT molecular complexity index is 779. The number of nitrogens with two attached hydrogens (primary N) is 1. The van der Waals surface area contributed by atoms with Crippen LogP contribution >= 0.6 is 0 Å². The summed E-state index contributed by atoms with van der Waals surface area (Å²) in [6.45, 7) is 0. The first-order valence-electron chi connectivity index (χ1n) is 6.33. The maximum atomic E-state index is 12.2. The molecule has 0 spiro atoms. The molecule has 0 saturated carbocycles. The molecule has 21 heavy (non-hydrogen) atoms. The molecule has 1 aromatic heterocycles. The van der Waals surface area contributed by atoms with Crippen molar-refractivity contribution in [3.63, 3.8) is 0 Å². The second-order valence-corrected chi connectivity index (χ2v) is 4.56. The molecule has 0 fully saturated rings. The van der Waals surface area contributed by atoms with Gasteiger partial charge in [-0.3, -0.25) is 9.59 Å². The van der Waals surface area contributed by atoms with Gasteiger partial charge >= 0.3 is 0 Å². The van der Waals surface area contributed by atoms with Gasteiger partial charge in [0.05, 0.1) is 18.4 Å². The Hall–Kier alpha value is -2.95. The van der Waals surface area contributed by atoms with E-state index in [1.54, 1.807) is 12.1 Å². The number of aromatic nitrogens is 1. The highest BCUT2D eigenvalue weighted by Gasteiger charge is 2.33. The number of nitrogens with zero attached hydrogens (tertiary/aromatic N) is 1. The summed E-state index contributed by atoms with van der Waals surface area (Å²) in [5, 5.41) is 0. The summed E-state index contributed by atoms with van der Waals surface area (Å²) < 4.78 is 4.91. The summed E-state index contributed by atoms with van der Waals surface area (Å²) in [5.41, 5.74) is 7.23. The van der Waals surface area contributed by atoms with Crippen LogP contribution in [0, 0.1) is 0 Å². The van der Waals surface area contributed by atoms with Gasteiger partial charge in [-0.1, -0.05) is 30.3 Å². The quantitative estimate of drug-likeness (QED) is 0.909. The first kappa shape index (κ1) is 13.1. The maximum absolute atomic E-state index is 12.2. The summed E-state index contributed by atoms with van der Waals surface area (Å²) in [4.78, 5) is 28.7. The lowest BCUT2D eigenvalue weighted by Crippen LogP contribution is -2.28. The molecule has 1 aliphatic carbocycles. The largest absolute Gasteiger partial charge is 0.491 e. The van der Waals surface area contributed by atoms with Crippen LogP contribution in [-0.2, 0) is 4.74 Å². The first-order chi connectivity index (χ1) is 10.1. The number of Topliss-reactive ketones (excluding diaryl/α,β-unsaturated/α-hetero) is 2. The normalized spacial score (nSPS) is 14.1. The van der Waals surface area contributed by atoms with Gasteiger partial charge in [-0.25, -0.2) is 4.98 Å². The molecule has 2 N–H and O–H groups in total. The number of hydrogen-bond acceptors (Lipinski definition) is 5. The fourth-order valence-corrected chi connectivity index (χ4v) is 2.26. The van der Waals surface area contributed by atoms with Crippen molar-refractivity contribution in [3.05, 3.63) is 65.2 Å². The molecule has 0 atom stereocenters. The lowest BCUT2D eigenvalue weighted by Gasteiger charge is -2.17. The van der Waals surface area contributed by atoms with E-state index in [9.17, 15) is 9.59 Å². The summed E-state index contributed by atoms with van der Waals surface area (Å²) in [5.74, 6) is -1.03. The number of ether oxygens (including phenoxy) is 1. The van der Waals surface area contributed by atoms with E-state index in [0.717, 1.165) is 5.56 Å². The topological polar surface area (TPSA) is 82.3 Å². The molecule has 5 nitrogen and oxygen atoms in total. The molecule has 5 heteroatoms. The lowest BCUT2D eigenvalue weighted by molar-refractivity contribution is 0.0902. The number of pyridine rings is 1. The predicted molar refractivity (Wildman–Crippen MR) is 76.6 cm³/mol. The van der Waals surface area contributed by atoms with Gasteiger partial charge in [0.1, 0.15) is 11.4 Å². The summed E-state index contributed by atoms with van der Waals surface area (Å²) >= 11 is 0. The zero-order chi connectivity index (χ0) is 15.0. The number of ketones is 2. The van der Waals surface area contributed by atoms with E-state index >= 15 is 0 Å². The molecule has 0 amide bonds. The minimum Gasteiger partial charge on any atom is -0.491 e. The molecule has 0 bridgehead atoms. The minimum atomic E-state index is -0.487. The summed E-state index contributed by atoms with van der Waals surface area (Å²) in [6.07, 6.45) is 0. The van der Waals surface area contributed by atoms with Crippen molar-refractivity contribution in [1.29, 1.82) is 0 Å². The lowest BCUT2D eigenvalue weighted by atomic mass is 9.95. The maximum Gasteiger partial charge on any atom is 0.232 e. The number of fused-ring (bicyclic) bond motifs is 1. The molecule has 1 aliphatic rings. The second-order valence-electron chi connectivity index (χ2n) is 4.56. The molecule has 0 radical (unpaired) electrons. The van der Waals surface area contributed by atoms with E-state index in [1.165, 1.54) is 7.11 Å². The van der Waals surface area contributed by atoms with Crippen LogP contribution in [0.3, 0.4) is 0 Å². The number of hydrogen-bond donors (Lipinski definition) is 1. The Kier molecular flexibility index (Phi) is 3.02. The van der Waals surface area contributed by atoms with E-state index in [-0.39, 0.29) is 22.7 Å². The Labute approximate surface area is 121 Å². The van der Waals surface area contributed by atoms with E-state index < -0.39 is 11.6 Å². The first-order valence-corrected chi connectivity index (χ1v) is 6.33. The number of methoxy groups -OCH3 is 1. The van der Waals surface area contributed by atoms with Crippen LogP contribution < -0.4 is 5.73 Å². The Morgan fingerprint density at radius 1 is 1.00 bits per heavy atom. The van der Waals surface area contributed by atoms with Gasteiger partial charge in [0.15, 0.2) is 5.76 Å². The Balaban J connectivity index is 2.15. The molecule has 2 aromatic rings. The third-order valence-corrected chi connectivity index (χ3v) is 3.32. The highest BCUT2D eigenvalue weighted by molar-refractivity contribution is 6.25. The SMILES string of the molecule is COC1=C(N)C(=O)c2nc(-c3ccccc3)ccc2C1=O. The van der Waals surface area contributed by atoms with Crippen LogP contribution in [0.4, 0.5) is 0 Å². The van der Waals surface area contributed by atoms with Gasteiger partial charge in [0.25, 0.3) is 0 Å². The summed E-state index contributed by atoms with van der Waals surface area (Å²) in [7, 11) is 1.31. The monoisotopic (exact) mass is 280 g/mol. The van der Waals surface area contributed by atoms with Crippen LogP contribution in [0.1, 0.15) is 20.8 Å². The summed E-state index contributed by atoms with van der Waals surface area (Å²) in [6, 6.07) is 12.7. The van der Waals surface area contributed by atoms with Gasteiger partial charge < -0.3 is 10.5 Å². The predicted octanol–water partition coefficient (Wildman–Crippen LogP) is 1.94. The molecule has 3 rings (SSSR count). The van der Waals surface area contributed by atoms with E-state index in [4.69, 9.17) is 10.5 Å². The van der Waals surface area contributed by atoms with Crippen LogP contribution in [0.5, 0.6) is 0 Å². The molecule has 1 aromatic carbocycles. The molecule has 0 aliphatic heterocycles. The molecule has 1 heterocycles. The zero-order valence-corrected chi connectivity index (χ0v) is 11.3. The number of rotatable bonds is 2. The van der Waals surface area contributed by atoms with Crippen LogP contribution in [-0.4, -0.2) is 23.7 Å². The van der Waals surface area contributed by atoms with E-state index in [1.807, 2.05) is 30.3 Å². The smallest absolute Gasteiger partial charge is 0.232 e. The van der Waals surface area contributed by atoms with Gasteiger partial charge in [-0.2, -0.15) is 0 Å². The van der Waals surface area contributed by atoms with Crippen molar-refractivity contribution in [1.82, 2.24) is 4.98 Å². The van der Waals surface area contributed by atoms with Crippen molar-refractivity contribution in [3.8, 4) is 11.3 Å². The zero-order valence-electron chi connectivity index (χ0n) is 11.3. The van der Waals surface area contributed by atoms with Crippen molar-refractivity contribution in [2.45, 2.75) is 0 Å². The standard InChI is InChI=1S/C16H12N2O3/c1-21-16-12(17)15(20)13-10(14(16)19)7-8-11(18-13)9-5-3-2-4-6-9/h2-8H,17H2,1H3. The van der Waals surface area contributed by atoms with Crippen LogP contribution in [0.25, 0.3) is 11.3 Å². The average molecular weight is 280 g/mol. The second kappa shape index (κ2) is 4.86. The molecular weight excluding hydrogens is 268 g/mol. The van der Waals surface area contributed by atoms with Gasteiger partial charge in [-0.15, -0.1) is 0 Å². The van der Waals surface area contributed by atoms with Crippen molar-refractivity contribution in [2.24, 2.45) is 5.73 Å². The third-order valence-electron chi connectivity index (χ3n) is 3.32. The molecule has 0 saturated heterocycles. The number of allylic oxidation sites excluding steroid dienone is 2. The highest BCUT2D eigenvalue weighted by atomic mass is 16.5. The Morgan fingerprint density at radius 2 is 1.71 bits per heavy atom.